The molecule has 0 bridgehead atoms. The van der Waals surface area contributed by atoms with E-state index in [2.05, 4.69) is 22.0 Å². The summed E-state index contributed by atoms with van der Waals surface area (Å²) in [7, 11) is 1.95. The monoisotopic (exact) mass is 417 g/mol. The first-order valence-corrected chi connectivity index (χ1v) is 9.94. The van der Waals surface area contributed by atoms with Gasteiger partial charge in [0, 0.05) is 29.9 Å². The van der Waals surface area contributed by atoms with Crippen LogP contribution in [-0.2, 0) is 7.05 Å². The van der Waals surface area contributed by atoms with Crippen LogP contribution in [0.5, 0.6) is 0 Å². The van der Waals surface area contributed by atoms with Crippen LogP contribution in [0.1, 0.15) is 35.8 Å². The fourth-order valence-corrected chi connectivity index (χ4v) is 4.38. The van der Waals surface area contributed by atoms with Crippen LogP contribution in [0, 0.1) is 13.8 Å². The fraction of sp³-hybridized carbons (Fsp3) is 0.350. The Morgan fingerprint density at radius 2 is 1.86 bits per heavy atom. The second-order valence-electron chi connectivity index (χ2n) is 7.10. The number of aryl methyl sites for hydroxylation is 2. The number of halogens is 2. The highest BCUT2D eigenvalue weighted by atomic mass is 35.5. The molecule has 1 saturated heterocycles. The van der Waals surface area contributed by atoms with Gasteiger partial charge in [0.2, 0.25) is 0 Å². The number of anilines is 1. The van der Waals surface area contributed by atoms with Crippen molar-refractivity contribution in [2.45, 2.75) is 32.7 Å². The molecule has 1 fully saturated rings. The minimum Gasteiger partial charge on any atom is -0.362 e. The topological polar surface area (TPSA) is 56.0 Å². The Kier molecular flexibility index (Phi) is 4.93. The molecule has 146 valence electrons. The van der Waals surface area contributed by atoms with E-state index in [1.165, 1.54) is 10.2 Å². The van der Waals surface area contributed by atoms with Gasteiger partial charge in [-0.05, 0) is 51.0 Å². The smallest absolute Gasteiger partial charge is 0.292 e. The third-order valence-electron chi connectivity index (χ3n) is 5.43. The van der Waals surface area contributed by atoms with Crippen molar-refractivity contribution in [2.24, 2.45) is 7.05 Å². The zero-order valence-electron chi connectivity index (χ0n) is 16.0. The molecule has 0 radical (unpaired) electrons. The summed E-state index contributed by atoms with van der Waals surface area (Å²) in [5.41, 5.74) is 4.30. The maximum atomic E-state index is 12.9. The third kappa shape index (κ3) is 3.10. The highest BCUT2D eigenvalue weighted by Gasteiger charge is 2.32. The second-order valence-corrected chi connectivity index (χ2v) is 7.91. The van der Waals surface area contributed by atoms with Crippen LogP contribution in [0.4, 0.5) is 5.69 Å². The Labute approximate surface area is 173 Å². The van der Waals surface area contributed by atoms with Gasteiger partial charge in [-0.3, -0.25) is 9.48 Å². The molecule has 6 nitrogen and oxygen atoms in total. The lowest BCUT2D eigenvalue weighted by atomic mass is 10.0. The lowest BCUT2D eigenvalue weighted by Gasteiger charge is -2.28. The maximum Gasteiger partial charge on any atom is 0.292 e. The summed E-state index contributed by atoms with van der Waals surface area (Å²) in [5.74, 6) is 0. The van der Waals surface area contributed by atoms with E-state index in [4.69, 9.17) is 23.2 Å². The predicted octanol–water partition coefficient (Wildman–Crippen LogP) is 4.23. The molecule has 1 unspecified atom stereocenters. The van der Waals surface area contributed by atoms with Crippen LogP contribution < -0.4 is 10.5 Å². The Hall–Kier alpha value is -2.31. The molecule has 1 atom stereocenters. The zero-order valence-corrected chi connectivity index (χ0v) is 17.5. The van der Waals surface area contributed by atoms with E-state index in [1.54, 1.807) is 30.5 Å². The first-order chi connectivity index (χ1) is 13.4. The van der Waals surface area contributed by atoms with Crippen molar-refractivity contribution in [3.8, 4) is 5.69 Å². The summed E-state index contributed by atoms with van der Waals surface area (Å²) in [6.45, 7) is 4.92. The van der Waals surface area contributed by atoms with Gasteiger partial charge in [-0.25, -0.2) is 0 Å². The van der Waals surface area contributed by atoms with Gasteiger partial charge < -0.3 is 4.90 Å². The lowest BCUT2D eigenvalue weighted by Crippen LogP contribution is -2.29. The summed E-state index contributed by atoms with van der Waals surface area (Å²) < 4.78 is 3.20. The molecule has 4 rings (SSSR count). The van der Waals surface area contributed by atoms with Crippen LogP contribution in [-0.4, -0.2) is 26.1 Å². The summed E-state index contributed by atoms with van der Waals surface area (Å²) >= 11 is 12.5. The van der Waals surface area contributed by atoms with E-state index >= 15 is 0 Å². The number of nitrogens with zero attached hydrogens (tertiary/aromatic N) is 5. The molecule has 2 aromatic heterocycles. The van der Waals surface area contributed by atoms with Crippen molar-refractivity contribution in [1.29, 1.82) is 0 Å². The Bertz CT molecular complexity index is 1090. The van der Waals surface area contributed by atoms with Gasteiger partial charge in [-0.15, -0.1) is 0 Å². The number of aromatic nitrogens is 4. The molecule has 0 saturated carbocycles. The highest BCUT2D eigenvalue weighted by Crippen LogP contribution is 2.40. The average molecular weight is 418 g/mol. The number of hydrogen-bond acceptors (Lipinski definition) is 4. The molecule has 3 heterocycles. The fourth-order valence-electron chi connectivity index (χ4n) is 4.02. The second kappa shape index (κ2) is 7.26. The minimum atomic E-state index is -0.341. The van der Waals surface area contributed by atoms with Gasteiger partial charge in [0.1, 0.15) is 5.02 Å². The molecule has 3 aromatic rings. The van der Waals surface area contributed by atoms with Crippen LogP contribution in [0.3, 0.4) is 0 Å². The molecule has 8 heteroatoms. The van der Waals surface area contributed by atoms with Gasteiger partial charge >= 0.3 is 0 Å². The predicted molar refractivity (Wildman–Crippen MR) is 112 cm³/mol. The normalized spacial score (nSPS) is 16.8. The van der Waals surface area contributed by atoms with Crippen LogP contribution >= 0.6 is 23.2 Å². The summed E-state index contributed by atoms with van der Waals surface area (Å²) in [5, 5.41) is 9.70. The largest absolute Gasteiger partial charge is 0.362 e. The molecule has 0 spiro atoms. The Morgan fingerprint density at radius 3 is 2.50 bits per heavy atom. The minimum absolute atomic E-state index is 0.138. The Morgan fingerprint density at radius 1 is 1.14 bits per heavy atom. The SMILES string of the molecule is Cc1nn(C)c(C)c1C1CCCN1c1cnn(-c2ccc(Cl)cc2)c(=O)c1Cl. The lowest BCUT2D eigenvalue weighted by molar-refractivity contribution is 0.693. The van der Waals surface area contributed by atoms with E-state index in [9.17, 15) is 4.79 Å². The molecule has 1 aromatic carbocycles. The standard InChI is InChI=1S/C20H21Cl2N5O/c1-12-18(13(2)25(3)24-12)16-5-4-10-26(16)17-11-23-27(20(28)19(17)22)15-8-6-14(21)7-9-15/h6-9,11,16H,4-5,10H2,1-3H3. The van der Waals surface area contributed by atoms with Gasteiger partial charge in [0.25, 0.3) is 5.56 Å². The number of rotatable bonds is 3. The molecule has 0 aliphatic carbocycles. The molecule has 1 aliphatic heterocycles. The Balaban J connectivity index is 1.76. The summed E-state index contributed by atoms with van der Waals surface area (Å²) in [6, 6.07) is 7.06. The van der Waals surface area contributed by atoms with Crippen molar-refractivity contribution >= 4 is 28.9 Å². The molecule has 1 aliphatic rings. The molecule has 0 amide bonds. The zero-order chi connectivity index (χ0) is 20.0. The molecule has 0 N–H and O–H groups in total. The van der Waals surface area contributed by atoms with E-state index < -0.39 is 0 Å². The summed E-state index contributed by atoms with van der Waals surface area (Å²) in [6.07, 6.45) is 3.69. The van der Waals surface area contributed by atoms with Crippen molar-refractivity contribution in [2.75, 3.05) is 11.4 Å². The van der Waals surface area contributed by atoms with Crippen LogP contribution in [0.25, 0.3) is 5.69 Å². The maximum absolute atomic E-state index is 12.9. The third-order valence-corrected chi connectivity index (χ3v) is 6.04. The first-order valence-electron chi connectivity index (χ1n) is 9.19. The van der Waals surface area contributed by atoms with E-state index in [0.29, 0.717) is 16.4 Å². The van der Waals surface area contributed by atoms with Crippen molar-refractivity contribution < 1.29 is 0 Å². The number of hydrogen-bond donors (Lipinski definition) is 0. The highest BCUT2D eigenvalue weighted by molar-refractivity contribution is 6.33. The number of benzene rings is 1. The molecular weight excluding hydrogens is 397 g/mol. The van der Waals surface area contributed by atoms with E-state index in [-0.39, 0.29) is 16.6 Å². The van der Waals surface area contributed by atoms with Gasteiger partial charge in [-0.1, -0.05) is 23.2 Å². The van der Waals surface area contributed by atoms with E-state index in [1.807, 2.05) is 18.7 Å². The van der Waals surface area contributed by atoms with E-state index in [0.717, 1.165) is 30.8 Å². The van der Waals surface area contributed by atoms with Gasteiger partial charge in [0.15, 0.2) is 0 Å². The van der Waals surface area contributed by atoms with Crippen molar-refractivity contribution in [1.82, 2.24) is 19.6 Å². The van der Waals surface area contributed by atoms with Gasteiger partial charge in [0.05, 0.1) is 29.3 Å². The van der Waals surface area contributed by atoms with Crippen molar-refractivity contribution in [3.63, 3.8) is 0 Å². The van der Waals surface area contributed by atoms with Gasteiger partial charge in [-0.2, -0.15) is 14.9 Å². The van der Waals surface area contributed by atoms with Crippen LogP contribution in [0.2, 0.25) is 10.0 Å². The molecular formula is C20H21Cl2N5O. The average Bonchev–Trinajstić information content (AvgIpc) is 3.22. The quantitative estimate of drug-likeness (QED) is 0.639. The molecule has 28 heavy (non-hydrogen) atoms. The summed E-state index contributed by atoms with van der Waals surface area (Å²) in [4.78, 5) is 15.1. The van der Waals surface area contributed by atoms with Crippen LogP contribution in [0.15, 0.2) is 35.3 Å². The first kappa shape index (κ1) is 19.0. The van der Waals surface area contributed by atoms with Crippen molar-refractivity contribution in [3.05, 3.63) is 67.8 Å².